The van der Waals surface area contributed by atoms with E-state index in [0.29, 0.717) is 6.07 Å². The van der Waals surface area contributed by atoms with Crippen molar-refractivity contribution in [2.75, 3.05) is 17.5 Å². The number of hydrogen-bond acceptors (Lipinski definition) is 3. The third-order valence-corrected chi connectivity index (χ3v) is 5.33. The van der Waals surface area contributed by atoms with Gasteiger partial charge in [0, 0.05) is 0 Å². The Labute approximate surface area is 142 Å². The van der Waals surface area contributed by atoms with Gasteiger partial charge in [-0.2, -0.15) is 13.2 Å². The highest BCUT2D eigenvalue weighted by Gasteiger charge is 2.35. The zero-order valence-corrected chi connectivity index (χ0v) is 13.7. The molecule has 9 heteroatoms. The molecule has 0 fully saturated rings. The maximum absolute atomic E-state index is 13.0. The van der Waals surface area contributed by atoms with Gasteiger partial charge in [-0.15, -0.1) is 0 Å². The van der Waals surface area contributed by atoms with E-state index in [1.54, 1.807) is 18.2 Å². The smallest absolute Gasteiger partial charge is 0.394 e. The Hall–Kier alpha value is -1.77. The number of aliphatic hydroxyl groups is 1. The van der Waals surface area contributed by atoms with Crippen molar-refractivity contribution >= 4 is 27.3 Å². The first-order valence-corrected chi connectivity index (χ1v) is 8.55. The van der Waals surface area contributed by atoms with Gasteiger partial charge in [-0.1, -0.05) is 29.8 Å². The van der Waals surface area contributed by atoms with Gasteiger partial charge in [0.15, 0.2) is 0 Å². The van der Waals surface area contributed by atoms with Gasteiger partial charge in [0.1, 0.15) is 0 Å². The molecule has 4 nitrogen and oxygen atoms in total. The van der Waals surface area contributed by atoms with Crippen LogP contribution in [0.4, 0.5) is 18.9 Å². The van der Waals surface area contributed by atoms with E-state index in [1.807, 2.05) is 0 Å². The van der Waals surface area contributed by atoms with Crippen LogP contribution in [0.15, 0.2) is 53.4 Å². The lowest BCUT2D eigenvalue weighted by atomic mass is 10.2. The van der Waals surface area contributed by atoms with Crippen LogP contribution >= 0.6 is 11.6 Å². The standard InChI is InChI=1S/C15H13ClF3NO3S/c16-14-7-6-12(10-13(14)15(17,18)19)24(22,23)20(8-9-21)11-4-2-1-3-5-11/h1-7,10,21H,8-9H2. The number of nitrogens with zero attached hydrogens (tertiary/aromatic N) is 1. The second kappa shape index (κ2) is 7.00. The molecule has 2 aromatic carbocycles. The van der Waals surface area contributed by atoms with Gasteiger partial charge in [-0.25, -0.2) is 8.42 Å². The number of alkyl halides is 3. The minimum Gasteiger partial charge on any atom is -0.394 e. The predicted octanol–water partition coefficient (Wildman–Crippen LogP) is 3.55. The molecule has 0 aliphatic heterocycles. The van der Waals surface area contributed by atoms with Gasteiger partial charge in [-0.05, 0) is 30.3 Å². The van der Waals surface area contributed by atoms with Crippen molar-refractivity contribution in [1.29, 1.82) is 0 Å². The van der Waals surface area contributed by atoms with Crippen LogP contribution < -0.4 is 4.31 Å². The predicted molar refractivity (Wildman–Crippen MR) is 84.5 cm³/mol. The Kier molecular flexibility index (Phi) is 5.42. The van der Waals surface area contributed by atoms with Crippen LogP contribution in [-0.2, 0) is 16.2 Å². The van der Waals surface area contributed by atoms with Crippen LogP contribution in [0.25, 0.3) is 0 Å². The van der Waals surface area contributed by atoms with Crippen molar-refractivity contribution in [2.45, 2.75) is 11.1 Å². The summed E-state index contributed by atoms with van der Waals surface area (Å²) in [6.45, 7) is -0.788. The van der Waals surface area contributed by atoms with Gasteiger partial charge in [-0.3, -0.25) is 4.31 Å². The summed E-state index contributed by atoms with van der Waals surface area (Å²) >= 11 is 5.52. The highest BCUT2D eigenvalue weighted by atomic mass is 35.5. The highest BCUT2D eigenvalue weighted by molar-refractivity contribution is 7.92. The summed E-state index contributed by atoms with van der Waals surface area (Å²) in [4.78, 5) is -0.559. The average molecular weight is 380 g/mol. The van der Waals surface area contributed by atoms with Crippen molar-refractivity contribution in [3.05, 3.63) is 59.1 Å². The molecular formula is C15H13ClF3NO3S. The number of halogens is 4. The second-order valence-corrected chi connectivity index (χ2v) is 7.05. The molecule has 0 atom stereocenters. The Balaban J connectivity index is 2.56. The van der Waals surface area contributed by atoms with Crippen molar-refractivity contribution in [2.24, 2.45) is 0 Å². The Bertz CT molecular complexity index is 810. The fourth-order valence-electron chi connectivity index (χ4n) is 2.08. The maximum atomic E-state index is 13.0. The molecule has 0 saturated heterocycles. The molecule has 0 radical (unpaired) electrons. The third-order valence-electron chi connectivity index (χ3n) is 3.18. The molecule has 130 valence electrons. The highest BCUT2D eigenvalue weighted by Crippen LogP contribution is 2.36. The Morgan fingerprint density at radius 2 is 1.71 bits per heavy atom. The summed E-state index contributed by atoms with van der Waals surface area (Å²) in [6.07, 6.45) is -4.78. The lowest BCUT2D eigenvalue weighted by molar-refractivity contribution is -0.137. The molecule has 0 spiro atoms. The van der Waals surface area contributed by atoms with E-state index in [-0.39, 0.29) is 12.2 Å². The van der Waals surface area contributed by atoms with Gasteiger partial charge in [0.05, 0.1) is 34.3 Å². The normalized spacial score (nSPS) is 12.2. The molecule has 0 heterocycles. The summed E-state index contributed by atoms with van der Waals surface area (Å²) in [6, 6.07) is 10.2. The van der Waals surface area contributed by atoms with Gasteiger partial charge in [0.2, 0.25) is 0 Å². The molecular weight excluding hydrogens is 367 g/mol. The van der Waals surface area contributed by atoms with Crippen molar-refractivity contribution < 1.29 is 26.7 Å². The van der Waals surface area contributed by atoms with Crippen LogP contribution in [0.5, 0.6) is 0 Å². The molecule has 2 aromatic rings. The van der Waals surface area contributed by atoms with E-state index in [9.17, 15) is 21.6 Å². The first kappa shape index (κ1) is 18.6. The molecule has 0 saturated carbocycles. The van der Waals surface area contributed by atoms with E-state index in [1.165, 1.54) is 12.1 Å². The minimum absolute atomic E-state index is 0.232. The summed E-state index contributed by atoms with van der Waals surface area (Å²) in [7, 11) is -4.30. The number of aliphatic hydroxyl groups excluding tert-OH is 1. The van der Waals surface area contributed by atoms with Crippen LogP contribution in [0.3, 0.4) is 0 Å². The van der Waals surface area contributed by atoms with Crippen molar-refractivity contribution in [1.82, 2.24) is 0 Å². The number of sulfonamides is 1. The van der Waals surface area contributed by atoms with E-state index in [4.69, 9.17) is 16.7 Å². The molecule has 0 amide bonds. The van der Waals surface area contributed by atoms with E-state index in [0.717, 1.165) is 16.4 Å². The van der Waals surface area contributed by atoms with Crippen LogP contribution in [-0.4, -0.2) is 26.7 Å². The summed E-state index contributed by atoms with van der Waals surface area (Å²) in [5, 5.41) is 8.54. The largest absolute Gasteiger partial charge is 0.417 e. The average Bonchev–Trinajstić information content (AvgIpc) is 2.52. The molecule has 0 aromatic heterocycles. The molecule has 0 aliphatic rings. The summed E-state index contributed by atoms with van der Waals surface area (Å²) < 4.78 is 65.1. The van der Waals surface area contributed by atoms with Crippen LogP contribution in [0.1, 0.15) is 5.56 Å². The van der Waals surface area contributed by atoms with Crippen LogP contribution in [0, 0.1) is 0 Å². The number of para-hydroxylation sites is 1. The molecule has 24 heavy (non-hydrogen) atoms. The first-order valence-electron chi connectivity index (χ1n) is 6.73. The quantitative estimate of drug-likeness (QED) is 0.864. The number of hydrogen-bond donors (Lipinski definition) is 1. The number of anilines is 1. The Morgan fingerprint density at radius 1 is 1.08 bits per heavy atom. The molecule has 0 aliphatic carbocycles. The first-order chi connectivity index (χ1) is 11.2. The third kappa shape index (κ3) is 3.82. The van der Waals surface area contributed by atoms with E-state index >= 15 is 0 Å². The van der Waals surface area contributed by atoms with Crippen LogP contribution in [0.2, 0.25) is 5.02 Å². The van der Waals surface area contributed by atoms with Gasteiger partial charge in [0.25, 0.3) is 10.0 Å². The Morgan fingerprint density at radius 3 is 2.25 bits per heavy atom. The van der Waals surface area contributed by atoms with Crippen molar-refractivity contribution in [3.63, 3.8) is 0 Å². The number of benzene rings is 2. The monoisotopic (exact) mass is 379 g/mol. The maximum Gasteiger partial charge on any atom is 0.417 e. The minimum atomic E-state index is -4.78. The van der Waals surface area contributed by atoms with Gasteiger partial charge < -0.3 is 5.11 Å². The topological polar surface area (TPSA) is 57.6 Å². The van der Waals surface area contributed by atoms with Crippen molar-refractivity contribution in [3.8, 4) is 0 Å². The summed E-state index contributed by atoms with van der Waals surface area (Å²) in [5.74, 6) is 0. The second-order valence-electron chi connectivity index (χ2n) is 4.78. The SMILES string of the molecule is O=S(=O)(c1ccc(Cl)c(C(F)(F)F)c1)N(CCO)c1ccccc1. The van der Waals surface area contributed by atoms with E-state index < -0.39 is 38.3 Å². The summed E-state index contributed by atoms with van der Waals surface area (Å²) in [5.41, 5.74) is -1.00. The molecule has 2 rings (SSSR count). The molecule has 1 N–H and O–H groups in total. The van der Waals surface area contributed by atoms with E-state index in [2.05, 4.69) is 0 Å². The molecule has 0 unspecified atom stereocenters. The zero-order valence-electron chi connectivity index (χ0n) is 12.2. The fourth-order valence-corrected chi connectivity index (χ4v) is 3.79. The van der Waals surface area contributed by atoms with Gasteiger partial charge >= 0.3 is 6.18 Å². The number of rotatable bonds is 5. The fraction of sp³-hybridized carbons (Fsp3) is 0.200. The molecule has 0 bridgehead atoms. The lowest BCUT2D eigenvalue weighted by Crippen LogP contribution is -2.33. The lowest BCUT2D eigenvalue weighted by Gasteiger charge is -2.24. The zero-order chi connectivity index (χ0) is 18.0.